The quantitative estimate of drug-likeness (QED) is 0.758. The first-order chi connectivity index (χ1) is 12.0. The van der Waals surface area contributed by atoms with Crippen LogP contribution in [0.3, 0.4) is 0 Å². The number of aryl methyl sites for hydroxylation is 2. The second-order valence-corrected chi connectivity index (χ2v) is 6.55. The summed E-state index contributed by atoms with van der Waals surface area (Å²) in [7, 11) is 0. The molecule has 5 heteroatoms. The van der Waals surface area contributed by atoms with Gasteiger partial charge >= 0.3 is 0 Å². The molecule has 0 heterocycles. The van der Waals surface area contributed by atoms with Crippen molar-refractivity contribution in [2.45, 2.75) is 32.7 Å². The molecule has 0 aliphatic heterocycles. The summed E-state index contributed by atoms with van der Waals surface area (Å²) in [5, 5.41) is 8.94. The first kappa shape index (κ1) is 17.0. The number of benzene rings is 2. The smallest absolute Gasteiger partial charge is 0.251 e. The summed E-state index contributed by atoms with van der Waals surface area (Å²) >= 11 is 0. The van der Waals surface area contributed by atoms with E-state index in [9.17, 15) is 9.59 Å². The van der Waals surface area contributed by atoms with E-state index in [1.807, 2.05) is 50.2 Å². The minimum atomic E-state index is -0.129. The number of amides is 2. The van der Waals surface area contributed by atoms with E-state index in [1.165, 1.54) is 0 Å². The number of carbonyl (C=O) groups excluding carboxylic acids is 2. The zero-order chi connectivity index (χ0) is 17.8. The van der Waals surface area contributed by atoms with Crippen LogP contribution < -0.4 is 16.0 Å². The second-order valence-electron chi connectivity index (χ2n) is 6.55. The Hall–Kier alpha value is -2.82. The van der Waals surface area contributed by atoms with Gasteiger partial charge in [0.25, 0.3) is 5.91 Å². The Morgan fingerprint density at radius 1 is 1.04 bits per heavy atom. The average molecular weight is 337 g/mol. The Labute approximate surface area is 147 Å². The van der Waals surface area contributed by atoms with Gasteiger partial charge in [-0.25, -0.2) is 0 Å². The molecular weight excluding hydrogens is 314 g/mol. The lowest BCUT2D eigenvalue weighted by atomic mass is 10.1. The molecule has 0 bridgehead atoms. The average Bonchev–Trinajstić information content (AvgIpc) is 3.40. The van der Waals surface area contributed by atoms with Gasteiger partial charge in [0.15, 0.2) is 0 Å². The fourth-order valence-electron chi connectivity index (χ4n) is 2.47. The van der Waals surface area contributed by atoms with Crippen LogP contribution in [0.4, 0.5) is 11.4 Å². The van der Waals surface area contributed by atoms with Crippen molar-refractivity contribution in [1.82, 2.24) is 5.32 Å². The molecule has 3 rings (SSSR count). The van der Waals surface area contributed by atoms with Gasteiger partial charge in [0.05, 0.1) is 6.54 Å². The molecule has 0 atom stereocenters. The number of hydrogen-bond donors (Lipinski definition) is 3. The van der Waals surface area contributed by atoms with Crippen LogP contribution in [0, 0.1) is 13.8 Å². The Bertz CT molecular complexity index is 780. The topological polar surface area (TPSA) is 70.2 Å². The van der Waals surface area contributed by atoms with E-state index in [0.29, 0.717) is 11.6 Å². The predicted molar refractivity (Wildman–Crippen MR) is 100.0 cm³/mol. The summed E-state index contributed by atoms with van der Waals surface area (Å²) in [4.78, 5) is 24.2. The third-order valence-corrected chi connectivity index (χ3v) is 4.19. The van der Waals surface area contributed by atoms with Crippen LogP contribution >= 0.6 is 0 Å². The van der Waals surface area contributed by atoms with E-state index < -0.39 is 0 Å². The molecule has 0 radical (unpaired) electrons. The zero-order valence-corrected chi connectivity index (χ0v) is 14.6. The number of nitrogens with one attached hydrogen (secondary N) is 3. The van der Waals surface area contributed by atoms with Crippen molar-refractivity contribution in [2.24, 2.45) is 0 Å². The highest BCUT2D eigenvalue weighted by Gasteiger charge is 2.23. The van der Waals surface area contributed by atoms with Crippen molar-refractivity contribution in [1.29, 1.82) is 0 Å². The van der Waals surface area contributed by atoms with Crippen molar-refractivity contribution in [3.63, 3.8) is 0 Å². The minimum absolute atomic E-state index is 0.0605. The monoisotopic (exact) mass is 337 g/mol. The fraction of sp³-hybridized carbons (Fsp3) is 0.300. The van der Waals surface area contributed by atoms with Crippen molar-refractivity contribution in [3.05, 3.63) is 59.2 Å². The van der Waals surface area contributed by atoms with Gasteiger partial charge in [-0.3, -0.25) is 9.59 Å². The van der Waals surface area contributed by atoms with E-state index in [1.54, 1.807) is 6.07 Å². The van der Waals surface area contributed by atoms with E-state index in [4.69, 9.17) is 0 Å². The normalized spacial score (nSPS) is 13.2. The Morgan fingerprint density at radius 3 is 2.44 bits per heavy atom. The Kier molecular flexibility index (Phi) is 5.03. The van der Waals surface area contributed by atoms with Crippen LogP contribution in [0.15, 0.2) is 42.5 Å². The van der Waals surface area contributed by atoms with Crippen molar-refractivity contribution < 1.29 is 9.59 Å². The maximum atomic E-state index is 12.1. The van der Waals surface area contributed by atoms with Gasteiger partial charge in [0, 0.05) is 23.0 Å². The number of rotatable bonds is 6. The first-order valence-electron chi connectivity index (χ1n) is 8.53. The molecule has 1 fully saturated rings. The third-order valence-electron chi connectivity index (χ3n) is 4.19. The summed E-state index contributed by atoms with van der Waals surface area (Å²) in [6.45, 7) is 4.09. The predicted octanol–water partition coefficient (Wildman–Crippen LogP) is 3.25. The van der Waals surface area contributed by atoms with Crippen LogP contribution in [0.2, 0.25) is 0 Å². The van der Waals surface area contributed by atoms with Gasteiger partial charge in [-0.2, -0.15) is 0 Å². The maximum Gasteiger partial charge on any atom is 0.251 e. The van der Waals surface area contributed by atoms with Crippen LogP contribution in [0.25, 0.3) is 0 Å². The molecule has 2 aromatic rings. The molecule has 0 aromatic heterocycles. The van der Waals surface area contributed by atoms with Crippen molar-refractivity contribution in [3.8, 4) is 0 Å². The van der Waals surface area contributed by atoms with Crippen LogP contribution in [-0.4, -0.2) is 24.4 Å². The minimum Gasteiger partial charge on any atom is -0.376 e. The van der Waals surface area contributed by atoms with Gasteiger partial charge < -0.3 is 16.0 Å². The van der Waals surface area contributed by atoms with Gasteiger partial charge in [-0.1, -0.05) is 23.8 Å². The lowest BCUT2D eigenvalue weighted by molar-refractivity contribution is -0.114. The largest absolute Gasteiger partial charge is 0.376 e. The van der Waals surface area contributed by atoms with Crippen molar-refractivity contribution in [2.75, 3.05) is 17.2 Å². The van der Waals surface area contributed by atoms with E-state index in [-0.39, 0.29) is 18.4 Å². The van der Waals surface area contributed by atoms with Crippen molar-refractivity contribution >= 4 is 23.2 Å². The van der Waals surface area contributed by atoms with Crippen LogP contribution in [-0.2, 0) is 4.79 Å². The molecule has 0 spiro atoms. The lowest BCUT2D eigenvalue weighted by Gasteiger charge is -2.12. The summed E-state index contributed by atoms with van der Waals surface area (Å²) in [5.74, 6) is -0.189. The third kappa shape index (κ3) is 4.83. The fourth-order valence-corrected chi connectivity index (χ4v) is 2.47. The molecule has 5 nitrogen and oxygen atoms in total. The molecule has 2 amide bonds. The number of anilines is 2. The van der Waals surface area contributed by atoms with Gasteiger partial charge in [0.1, 0.15) is 0 Å². The number of carbonyl (C=O) groups is 2. The second kappa shape index (κ2) is 7.38. The molecule has 1 aliphatic rings. The molecule has 3 N–H and O–H groups in total. The Morgan fingerprint density at radius 2 is 1.76 bits per heavy atom. The highest BCUT2D eigenvalue weighted by molar-refractivity contribution is 5.96. The molecule has 0 saturated heterocycles. The summed E-state index contributed by atoms with van der Waals surface area (Å²) in [6.07, 6.45) is 2.11. The van der Waals surface area contributed by atoms with Crippen LogP contribution in [0.1, 0.15) is 34.3 Å². The van der Waals surface area contributed by atoms with E-state index in [0.717, 1.165) is 35.3 Å². The highest BCUT2D eigenvalue weighted by Crippen LogP contribution is 2.21. The molecule has 1 saturated carbocycles. The van der Waals surface area contributed by atoms with Gasteiger partial charge in [-0.05, 0) is 56.5 Å². The molecular formula is C20H23N3O2. The summed E-state index contributed by atoms with van der Waals surface area (Å²) in [5.41, 5.74) is 4.31. The summed E-state index contributed by atoms with van der Waals surface area (Å²) in [6, 6.07) is 13.5. The first-order valence-corrected chi connectivity index (χ1v) is 8.53. The molecule has 1 aliphatic carbocycles. The highest BCUT2D eigenvalue weighted by atomic mass is 16.2. The zero-order valence-electron chi connectivity index (χ0n) is 14.6. The SMILES string of the molecule is Cc1ccc(NC(=O)CNc2cc(C(=O)NC3CC3)ccc2C)cc1. The molecule has 25 heavy (non-hydrogen) atoms. The number of hydrogen-bond acceptors (Lipinski definition) is 3. The van der Waals surface area contributed by atoms with E-state index >= 15 is 0 Å². The maximum absolute atomic E-state index is 12.1. The Balaban J connectivity index is 1.58. The lowest BCUT2D eigenvalue weighted by Crippen LogP contribution is -2.26. The van der Waals surface area contributed by atoms with E-state index in [2.05, 4.69) is 16.0 Å². The molecule has 130 valence electrons. The summed E-state index contributed by atoms with van der Waals surface area (Å²) < 4.78 is 0. The van der Waals surface area contributed by atoms with Gasteiger partial charge in [-0.15, -0.1) is 0 Å². The standard InChI is InChI=1S/C20H23N3O2/c1-13-3-7-16(8-4-13)22-19(24)12-21-18-11-15(6-5-14(18)2)20(25)23-17-9-10-17/h3-8,11,17,21H,9-10,12H2,1-2H3,(H,22,24)(H,23,25). The van der Waals surface area contributed by atoms with Crippen LogP contribution in [0.5, 0.6) is 0 Å². The molecule has 0 unspecified atom stereocenters. The molecule has 2 aromatic carbocycles. The van der Waals surface area contributed by atoms with Gasteiger partial charge in [0.2, 0.25) is 5.91 Å².